The molecule has 3 nitrogen and oxygen atoms in total. The summed E-state index contributed by atoms with van der Waals surface area (Å²) in [6.07, 6.45) is 0. The lowest BCUT2D eigenvalue weighted by atomic mass is 9.97. The number of anilines is 3. The highest BCUT2D eigenvalue weighted by Crippen LogP contribution is 2.48. The molecular weight excluding hydrogens is 869 g/mol. The number of aromatic nitrogens is 1. The first-order valence-electron chi connectivity index (χ1n) is 23.8. The zero-order valence-electron chi connectivity index (χ0n) is 38.0. The number of hydrogen-bond acceptors (Lipinski definition) is 3. The van der Waals surface area contributed by atoms with E-state index < -0.39 is 0 Å². The average molecular weight is 911 g/mol. The highest BCUT2D eigenvalue weighted by molar-refractivity contribution is 7.25. The average Bonchev–Trinajstić information content (AvgIpc) is 4.12. The Morgan fingerprint density at radius 3 is 1.54 bits per heavy atom. The molecule has 0 spiro atoms. The summed E-state index contributed by atoms with van der Waals surface area (Å²) in [4.78, 5) is 2.40. The predicted molar refractivity (Wildman–Crippen MR) is 297 cm³/mol. The Balaban J connectivity index is 0.951. The topological polar surface area (TPSA) is 21.3 Å². The van der Waals surface area contributed by atoms with E-state index in [4.69, 9.17) is 4.42 Å². The van der Waals surface area contributed by atoms with Gasteiger partial charge >= 0.3 is 0 Å². The van der Waals surface area contributed by atoms with Crippen LogP contribution in [0.1, 0.15) is 0 Å². The Bertz CT molecular complexity index is 4220. The van der Waals surface area contributed by atoms with Crippen molar-refractivity contribution in [3.8, 4) is 50.2 Å². The smallest absolute Gasteiger partial charge is 0.145 e. The van der Waals surface area contributed by atoms with E-state index in [0.717, 1.165) is 61.4 Å². The van der Waals surface area contributed by atoms with Gasteiger partial charge in [0.25, 0.3) is 0 Å². The number of thiophene rings is 1. The van der Waals surface area contributed by atoms with Gasteiger partial charge in [-0.25, -0.2) is 0 Å². The fraction of sp³-hybridized carbons (Fsp3) is 0. The molecule has 3 aromatic heterocycles. The van der Waals surface area contributed by atoms with Gasteiger partial charge in [0.05, 0.1) is 27.8 Å². The minimum absolute atomic E-state index is 0.847. The third-order valence-corrected chi connectivity index (χ3v) is 15.2. The summed E-state index contributed by atoms with van der Waals surface area (Å²) >= 11 is 1.86. The minimum Gasteiger partial charge on any atom is -0.455 e. The van der Waals surface area contributed by atoms with Crippen molar-refractivity contribution in [3.05, 3.63) is 255 Å². The van der Waals surface area contributed by atoms with Crippen molar-refractivity contribution in [2.45, 2.75) is 0 Å². The molecule has 0 aliphatic heterocycles. The molecule has 11 aromatic carbocycles. The van der Waals surface area contributed by atoms with Gasteiger partial charge < -0.3 is 13.9 Å². The van der Waals surface area contributed by atoms with Crippen molar-refractivity contribution in [3.63, 3.8) is 0 Å². The first kappa shape index (κ1) is 40.1. The number of nitrogens with zero attached hydrogens (tertiary/aromatic N) is 2. The number of hydrogen-bond donors (Lipinski definition) is 0. The van der Waals surface area contributed by atoms with Crippen LogP contribution in [-0.4, -0.2) is 4.57 Å². The first-order chi connectivity index (χ1) is 34.7. The molecule has 14 rings (SSSR count). The Kier molecular flexibility index (Phi) is 9.39. The number of rotatable bonds is 8. The van der Waals surface area contributed by atoms with Gasteiger partial charge in [0.2, 0.25) is 0 Å². The molecule has 0 N–H and O–H groups in total. The van der Waals surface area contributed by atoms with Crippen LogP contribution in [0.5, 0.6) is 0 Å². The molecule has 0 saturated carbocycles. The van der Waals surface area contributed by atoms with Crippen LogP contribution >= 0.6 is 11.3 Å². The SMILES string of the molecule is c1ccc(-c2ccc(-c3ccc(N(c4ccc(-c5cccc6sc7ccccc7c56)cc4)c4ccc(-c5ccccc5-n5c6ccccc6c6ccccc65)c5oc6ccccc6c45)cc3)cc2)cc1. The van der Waals surface area contributed by atoms with Crippen molar-refractivity contribution >= 4 is 92.3 Å². The van der Waals surface area contributed by atoms with Gasteiger partial charge in [-0.05, 0) is 106 Å². The molecule has 0 saturated heterocycles. The fourth-order valence-corrected chi connectivity index (χ4v) is 11.9. The largest absolute Gasteiger partial charge is 0.455 e. The molecular formula is C66H42N2OS. The van der Waals surface area contributed by atoms with Crippen LogP contribution in [0.25, 0.3) is 114 Å². The Labute approximate surface area is 409 Å². The van der Waals surface area contributed by atoms with E-state index in [-0.39, 0.29) is 0 Å². The zero-order valence-corrected chi connectivity index (χ0v) is 38.8. The van der Waals surface area contributed by atoms with Gasteiger partial charge in [-0.3, -0.25) is 0 Å². The van der Waals surface area contributed by atoms with Crippen LogP contribution < -0.4 is 4.90 Å². The molecule has 70 heavy (non-hydrogen) atoms. The summed E-state index contributed by atoms with van der Waals surface area (Å²) in [5.74, 6) is 0. The molecule has 0 aliphatic carbocycles. The highest BCUT2D eigenvalue weighted by Gasteiger charge is 2.25. The van der Waals surface area contributed by atoms with E-state index in [1.54, 1.807) is 0 Å². The Hall–Kier alpha value is -8.96. The molecule has 0 amide bonds. The van der Waals surface area contributed by atoms with E-state index in [1.807, 2.05) is 11.3 Å². The monoisotopic (exact) mass is 910 g/mol. The molecule has 3 heterocycles. The Morgan fingerprint density at radius 2 is 0.843 bits per heavy atom. The maximum Gasteiger partial charge on any atom is 0.145 e. The van der Waals surface area contributed by atoms with E-state index in [9.17, 15) is 0 Å². The molecule has 14 aromatic rings. The van der Waals surface area contributed by atoms with Crippen molar-refractivity contribution in [2.75, 3.05) is 4.90 Å². The summed E-state index contributed by atoms with van der Waals surface area (Å²) in [6, 6.07) is 92.2. The molecule has 0 unspecified atom stereocenters. The lowest BCUT2D eigenvalue weighted by Crippen LogP contribution is -2.10. The van der Waals surface area contributed by atoms with Crippen molar-refractivity contribution in [2.24, 2.45) is 0 Å². The van der Waals surface area contributed by atoms with Crippen LogP contribution in [0.3, 0.4) is 0 Å². The minimum atomic E-state index is 0.847. The number of fused-ring (bicyclic) bond motifs is 9. The molecule has 0 atom stereocenters. The molecule has 4 heteroatoms. The van der Waals surface area contributed by atoms with Crippen molar-refractivity contribution in [1.82, 2.24) is 4.57 Å². The number of para-hydroxylation sites is 4. The summed E-state index contributed by atoms with van der Waals surface area (Å²) < 4.78 is 12.1. The van der Waals surface area contributed by atoms with Gasteiger partial charge in [-0.2, -0.15) is 0 Å². The van der Waals surface area contributed by atoms with Crippen molar-refractivity contribution < 1.29 is 4.42 Å². The summed E-state index contributed by atoms with van der Waals surface area (Å²) in [7, 11) is 0. The van der Waals surface area contributed by atoms with E-state index in [2.05, 4.69) is 264 Å². The quantitative estimate of drug-likeness (QED) is 0.151. The normalized spacial score (nSPS) is 11.7. The number of benzene rings is 11. The zero-order chi connectivity index (χ0) is 46.1. The van der Waals surface area contributed by atoms with Crippen LogP contribution in [0.15, 0.2) is 259 Å². The lowest BCUT2D eigenvalue weighted by molar-refractivity contribution is 0.670. The standard InChI is InChI=1S/C66H42N2OS/c1-2-15-43(16-3-1)44-29-31-45(32-30-44)46-33-37-48(38-34-46)67(49-39-35-47(36-40-49)50-22-14-28-63-64(50)56-21-8-13-27-62(56)70-63)60-42-41-54(66-65(60)55-20-7-12-26-61(55)69-66)53-19-6-11-25-59(53)68-57-23-9-4-17-51(57)52-18-5-10-24-58(52)68/h1-42H. The predicted octanol–water partition coefficient (Wildman–Crippen LogP) is 19.2. The van der Waals surface area contributed by atoms with E-state index >= 15 is 0 Å². The Morgan fingerprint density at radius 1 is 0.329 bits per heavy atom. The van der Waals surface area contributed by atoms with Gasteiger partial charge in [-0.1, -0.05) is 182 Å². The summed E-state index contributed by atoms with van der Waals surface area (Å²) in [5, 5.41) is 7.19. The highest BCUT2D eigenvalue weighted by atomic mass is 32.1. The second-order valence-electron chi connectivity index (χ2n) is 18.0. The van der Waals surface area contributed by atoms with Gasteiger partial charge in [0.15, 0.2) is 0 Å². The molecule has 0 fully saturated rings. The van der Waals surface area contributed by atoms with Crippen molar-refractivity contribution in [1.29, 1.82) is 0 Å². The number of furan rings is 1. The van der Waals surface area contributed by atoms with Gasteiger partial charge in [-0.15, -0.1) is 11.3 Å². The van der Waals surface area contributed by atoms with E-state index in [1.165, 1.54) is 69.8 Å². The lowest BCUT2D eigenvalue weighted by Gasteiger charge is -2.27. The van der Waals surface area contributed by atoms with Crippen LogP contribution in [-0.2, 0) is 0 Å². The second-order valence-corrected chi connectivity index (χ2v) is 19.1. The summed E-state index contributed by atoms with van der Waals surface area (Å²) in [5.41, 5.74) is 17.6. The van der Waals surface area contributed by atoms with Crippen LogP contribution in [0.2, 0.25) is 0 Å². The van der Waals surface area contributed by atoms with Gasteiger partial charge in [0, 0.05) is 58.8 Å². The fourth-order valence-electron chi connectivity index (χ4n) is 10.8. The second kappa shape index (κ2) is 16.4. The molecule has 0 aliphatic rings. The maximum absolute atomic E-state index is 7.08. The third-order valence-electron chi connectivity index (χ3n) is 14.1. The first-order valence-corrected chi connectivity index (χ1v) is 24.6. The third kappa shape index (κ3) is 6.49. The molecule has 0 bridgehead atoms. The van der Waals surface area contributed by atoms with Gasteiger partial charge in [0.1, 0.15) is 11.2 Å². The van der Waals surface area contributed by atoms with E-state index in [0.29, 0.717) is 0 Å². The van der Waals surface area contributed by atoms with Crippen LogP contribution in [0.4, 0.5) is 17.1 Å². The van der Waals surface area contributed by atoms with Crippen LogP contribution in [0, 0.1) is 0 Å². The maximum atomic E-state index is 7.08. The summed E-state index contributed by atoms with van der Waals surface area (Å²) in [6.45, 7) is 0. The molecule has 328 valence electrons. The molecule has 0 radical (unpaired) electrons.